The van der Waals surface area contributed by atoms with Gasteiger partial charge in [0.2, 0.25) is 10.0 Å². The Morgan fingerprint density at radius 1 is 1.12 bits per heavy atom. The molecule has 0 heterocycles. The second kappa shape index (κ2) is 8.33. The van der Waals surface area contributed by atoms with Crippen LogP contribution in [0, 0.1) is 0 Å². The van der Waals surface area contributed by atoms with Crippen LogP contribution in [0.15, 0.2) is 53.4 Å². The van der Waals surface area contributed by atoms with E-state index >= 15 is 0 Å². The molecule has 0 saturated heterocycles. The summed E-state index contributed by atoms with van der Waals surface area (Å²) in [5.41, 5.74) is 0.965. The van der Waals surface area contributed by atoms with Crippen molar-refractivity contribution in [1.29, 1.82) is 0 Å². The van der Waals surface area contributed by atoms with Crippen LogP contribution in [0.4, 0.5) is 0 Å². The fraction of sp³-hybridized carbons (Fsp3) is 0.316. The summed E-state index contributed by atoms with van der Waals surface area (Å²) in [6.07, 6.45) is 0. The molecule has 2 aromatic rings. The summed E-state index contributed by atoms with van der Waals surface area (Å²) in [6.45, 7) is 3.63. The number of carbonyl (C=O) groups excluding carboxylic acids is 1. The molecule has 0 aliphatic heterocycles. The van der Waals surface area contributed by atoms with Crippen molar-refractivity contribution in [2.75, 3.05) is 14.2 Å². The van der Waals surface area contributed by atoms with Gasteiger partial charge in [-0.2, -0.15) is 4.31 Å². The number of methoxy groups -OCH3 is 1. The molecule has 0 atom stereocenters. The van der Waals surface area contributed by atoms with Gasteiger partial charge in [-0.25, -0.2) is 13.2 Å². The van der Waals surface area contributed by atoms with Crippen molar-refractivity contribution in [3.8, 4) is 5.75 Å². The second-order valence-electron chi connectivity index (χ2n) is 6.07. The minimum atomic E-state index is -3.66. The van der Waals surface area contributed by atoms with Crippen molar-refractivity contribution in [2.24, 2.45) is 0 Å². The highest BCUT2D eigenvalue weighted by molar-refractivity contribution is 7.89. The van der Waals surface area contributed by atoms with Gasteiger partial charge in [0.25, 0.3) is 0 Å². The number of ether oxygens (including phenoxy) is 2. The van der Waals surface area contributed by atoms with Crippen molar-refractivity contribution in [3.05, 3.63) is 59.7 Å². The van der Waals surface area contributed by atoms with Crippen molar-refractivity contribution in [2.45, 2.75) is 31.4 Å². The molecule has 0 aliphatic carbocycles. The average molecular weight is 377 g/mol. The Balaban J connectivity index is 2.15. The quantitative estimate of drug-likeness (QED) is 0.694. The van der Waals surface area contributed by atoms with Crippen molar-refractivity contribution >= 4 is 16.0 Å². The fourth-order valence-corrected chi connectivity index (χ4v) is 3.64. The van der Waals surface area contributed by atoms with Crippen molar-refractivity contribution in [1.82, 2.24) is 4.31 Å². The minimum Gasteiger partial charge on any atom is -0.497 e. The van der Waals surface area contributed by atoms with Crippen LogP contribution in [0.2, 0.25) is 0 Å². The lowest BCUT2D eigenvalue weighted by molar-refractivity contribution is 0.0472. The number of carbonyl (C=O) groups is 1. The molecule has 2 rings (SSSR count). The summed E-state index contributed by atoms with van der Waals surface area (Å²) < 4.78 is 36.8. The third-order valence-electron chi connectivity index (χ3n) is 3.98. The second-order valence-corrected chi connectivity index (χ2v) is 8.07. The summed E-state index contributed by atoms with van der Waals surface area (Å²) >= 11 is 0. The van der Waals surface area contributed by atoms with E-state index in [1.807, 2.05) is 6.07 Å². The summed E-state index contributed by atoms with van der Waals surface area (Å²) in [5, 5.41) is 0. The summed E-state index contributed by atoms with van der Waals surface area (Å²) in [5.74, 6) is 0.0837. The van der Waals surface area contributed by atoms with Crippen LogP contribution in [0.5, 0.6) is 5.75 Å². The number of esters is 1. The molecule has 0 aromatic heterocycles. The molecule has 0 unspecified atom stereocenters. The lowest BCUT2D eigenvalue weighted by atomic mass is 10.2. The van der Waals surface area contributed by atoms with Gasteiger partial charge in [0.15, 0.2) is 0 Å². The van der Waals surface area contributed by atoms with Gasteiger partial charge in [-0.3, -0.25) is 0 Å². The van der Waals surface area contributed by atoms with E-state index in [0.717, 1.165) is 5.56 Å². The third-order valence-corrected chi connectivity index (χ3v) is 6.01. The predicted octanol–water partition coefficient (Wildman–Crippen LogP) is 3.08. The van der Waals surface area contributed by atoms with E-state index in [1.54, 1.807) is 39.2 Å². The Bertz CT molecular complexity index is 877. The Hall–Kier alpha value is -2.38. The fourth-order valence-electron chi connectivity index (χ4n) is 2.22. The number of rotatable bonds is 7. The van der Waals surface area contributed by atoms with Crippen LogP contribution in [0.1, 0.15) is 29.8 Å². The molecule has 2 aromatic carbocycles. The summed E-state index contributed by atoms with van der Waals surface area (Å²) in [4.78, 5) is 12.4. The van der Waals surface area contributed by atoms with Gasteiger partial charge in [0.05, 0.1) is 17.6 Å². The first kappa shape index (κ1) is 19.9. The SMILES string of the molecule is COc1cccc(COC(=O)c2cccc(S(=O)(=O)N(C)C(C)C)c2)c1. The van der Waals surface area contributed by atoms with Crippen molar-refractivity contribution in [3.63, 3.8) is 0 Å². The molecule has 26 heavy (non-hydrogen) atoms. The summed E-state index contributed by atoms with van der Waals surface area (Å²) in [6, 6.07) is 12.9. The molecule has 0 aliphatic rings. The Labute approximate surface area is 154 Å². The van der Waals surface area contributed by atoms with E-state index in [9.17, 15) is 13.2 Å². The molecule has 6 nitrogen and oxygen atoms in total. The number of benzene rings is 2. The van der Waals surface area contributed by atoms with Gasteiger partial charge in [0, 0.05) is 13.1 Å². The van der Waals surface area contributed by atoms with Crippen LogP contribution in [-0.2, 0) is 21.4 Å². The van der Waals surface area contributed by atoms with E-state index in [0.29, 0.717) is 5.75 Å². The van der Waals surface area contributed by atoms with Gasteiger partial charge in [-0.15, -0.1) is 0 Å². The predicted molar refractivity (Wildman–Crippen MR) is 98.6 cm³/mol. The number of hydrogen-bond acceptors (Lipinski definition) is 5. The number of sulfonamides is 1. The lowest BCUT2D eigenvalue weighted by Gasteiger charge is -2.21. The standard InChI is InChI=1S/C19H23NO5S/c1-14(2)20(3)26(22,23)18-10-6-8-16(12-18)19(21)25-13-15-7-5-9-17(11-15)24-4/h5-12,14H,13H2,1-4H3. The Kier molecular flexibility index (Phi) is 6.39. The highest BCUT2D eigenvalue weighted by Gasteiger charge is 2.24. The number of nitrogens with zero attached hydrogens (tertiary/aromatic N) is 1. The maximum atomic E-state index is 12.6. The molecular formula is C19H23NO5S. The van der Waals surface area contributed by atoms with E-state index in [-0.39, 0.29) is 23.1 Å². The zero-order valence-corrected chi connectivity index (χ0v) is 16.1. The Morgan fingerprint density at radius 3 is 2.46 bits per heavy atom. The first-order valence-corrected chi connectivity index (χ1v) is 9.58. The van der Waals surface area contributed by atoms with Gasteiger partial charge in [0.1, 0.15) is 12.4 Å². The molecule has 0 radical (unpaired) electrons. The normalized spacial score (nSPS) is 11.6. The van der Waals surface area contributed by atoms with Crippen LogP contribution in [0.3, 0.4) is 0 Å². The molecule has 0 N–H and O–H groups in total. The van der Waals surface area contributed by atoms with Gasteiger partial charge in [-0.05, 0) is 49.7 Å². The maximum Gasteiger partial charge on any atom is 0.338 e. The monoisotopic (exact) mass is 377 g/mol. The van der Waals surface area contributed by atoms with Gasteiger partial charge in [-0.1, -0.05) is 18.2 Å². The zero-order valence-electron chi connectivity index (χ0n) is 15.3. The highest BCUT2D eigenvalue weighted by Crippen LogP contribution is 2.19. The molecule has 140 valence electrons. The molecule has 0 fully saturated rings. The average Bonchev–Trinajstić information content (AvgIpc) is 2.65. The van der Waals surface area contributed by atoms with Gasteiger partial charge < -0.3 is 9.47 Å². The van der Waals surface area contributed by atoms with E-state index in [4.69, 9.17) is 9.47 Å². The molecule has 0 spiro atoms. The largest absolute Gasteiger partial charge is 0.497 e. The third kappa shape index (κ3) is 4.62. The van der Waals surface area contributed by atoms with Crippen LogP contribution >= 0.6 is 0 Å². The molecule has 0 saturated carbocycles. The van der Waals surface area contributed by atoms with E-state index in [2.05, 4.69) is 0 Å². The Morgan fingerprint density at radius 2 is 1.81 bits per heavy atom. The van der Waals surface area contributed by atoms with Gasteiger partial charge >= 0.3 is 5.97 Å². The molecule has 7 heteroatoms. The first-order chi connectivity index (χ1) is 12.3. The van der Waals surface area contributed by atoms with Crippen LogP contribution in [0.25, 0.3) is 0 Å². The molecular weight excluding hydrogens is 354 g/mol. The van der Waals surface area contributed by atoms with E-state index < -0.39 is 16.0 Å². The number of hydrogen-bond donors (Lipinski definition) is 0. The zero-order chi connectivity index (χ0) is 19.3. The maximum absolute atomic E-state index is 12.6. The minimum absolute atomic E-state index is 0.0598. The first-order valence-electron chi connectivity index (χ1n) is 8.14. The van der Waals surface area contributed by atoms with E-state index in [1.165, 1.54) is 35.6 Å². The highest BCUT2D eigenvalue weighted by atomic mass is 32.2. The lowest BCUT2D eigenvalue weighted by Crippen LogP contribution is -2.33. The topological polar surface area (TPSA) is 72.9 Å². The molecule has 0 bridgehead atoms. The van der Waals surface area contributed by atoms with Crippen molar-refractivity contribution < 1.29 is 22.7 Å². The smallest absolute Gasteiger partial charge is 0.338 e. The summed E-state index contributed by atoms with van der Waals surface area (Å²) in [7, 11) is -0.593. The molecule has 0 amide bonds. The van der Waals surface area contributed by atoms with Crippen LogP contribution < -0.4 is 4.74 Å². The van der Waals surface area contributed by atoms with Crippen LogP contribution in [-0.4, -0.2) is 38.9 Å².